The minimum Gasteiger partial charge on any atom is -0.482 e. The Bertz CT molecular complexity index is 1070. The van der Waals surface area contributed by atoms with Gasteiger partial charge in [0, 0.05) is 0 Å². The molecule has 0 bridgehead atoms. The predicted octanol–water partition coefficient (Wildman–Crippen LogP) is 3.79. The minimum absolute atomic E-state index is 0.118. The van der Waals surface area contributed by atoms with E-state index in [0.717, 1.165) is 11.1 Å². The maximum atomic E-state index is 12.2. The summed E-state index contributed by atoms with van der Waals surface area (Å²) >= 11 is 0. The SMILES string of the molecule is Cc1cc(OCC(=O)OCc2nc3c(C)cccc3c(=O)[nH]2)ccc1C(C)C. The van der Waals surface area contributed by atoms with Crippen LogP contribution < -0.4 is 10.3 Å². The summed E-state index contributed by atoms with van der Waals surface area (Å²) in [5.74, 6) is 0.821. The van der Waals surface area contributed by atoms with Crippen LogP contribution in [-0.4, -0.2) is 22.5 Å². The summed E-state index contributed by atoms with van der Waals surface area (Å²) in [4.78, 5) is 31.2. The van der Waals surface area contributed by atoms with E-state index in [9.17, 15) is 9.59 Å². The molecule has 3 aromatic rings. The maximum absolute atomic E-state index is 12.2. The molecule has 1 heterocycles. The number of rotatable bonds is 6. The standard InChI is InChI=1S/C22H24N2O4/c1-13(2)17-9-8-16(10-15(17)4)27-12-20(25)28-11-19-23-21-14(3)6-5-7-18(21)22(26)24-19/h5-10,13H,11-12H2,1-4H3,(H,23,24,26). The van der Waals surface area contributed by atoms with Gasteiger partial charge in [-0.15, -0.1) is 0 Å². The van der Waals surface area contributed by atoms with Crippen molar-refractivity contribution >= 4 is 16.9 Å². The van der Waals surface area contributed by atoms with Crippen LogP contribution in [0, 0.1) is 13.8 Å². The van der Waals surface area contributed by atoms with Crippen molar-refractivity contribution in [2.45, 2.75) is 40.2 Å². The Hall–Kier alpha value is -3.15. The molecule has 1 N–H and O–H groups in total. The first-order valence-electron chi connectivity index (χ1n) is 9.22. The average molecular weight is 380 g/mol. The Kier molecular flexibility index (Phi) is 5.78. The van der Waals surface area contributed by atoms with Crippen LogP contribution in [0.15, 0.2) is 41.2 Å². The first-order chi connectivity index (χ1) is 13.3. The number of aryl methyl sites for hydroxylation is 2. The van der Waals surface area contributed by atoms with Gasteiger partial charge in [0.15, 0.2) is 6.61 Å². The largest absolute Gasteiger partial charge is 0.482 e. The third-order valence-electron chi connectivity index (χ3n) is 4.58. The zero-order chi connectivity index (χ0) is 20.3. The van der Waals surface area contributed by atoms with E-state index >= 15 is 0 Å². The van der Waals surface area contributed by atoms with Gasteiger partial charge in [-0.2, -0.15) is 0 Å². The number of hydrogen-bond acceptors (Lipinski definition) is 5. The van der Waals surface area contributed by atoms with Crippen molar-refractivity contribution in [2.75, 3.05) is 6.61 Å². The molecular weight excluding hydrogens is 356 g/mol. The minimum atomic E-state index is -0.530. The van der Waals surface area contributed by atoms with Crippen LogP contribution in [0.3, 0.4) is 0 Å². The predicted molar refractivity (Wildman–Crippen MR) is 108 cm³/mol. The number of carbonyl (C=O) groups is 1. The van der Waals surface area contributed by atoms with E-state index in [-0.39, 0.29) is 18.8 Å². The lowest BCUT2D eigenvalue weighted by molar-refractivity contribution is -0.147. The molecule has 0 unspecified atom stereocenters. The molecule has 28 heavy (non-hydrogen) atoms. The van der Waals surface area contributed by atoms with E-state index < -0.39 is 5.97 Å². The first kappa shape index (κ1) is 19.6. The third kappa shape index (κ3) is 4.39. The summed E-state index contributed by atoms with van der Waals surface area (Å²) in [6.45, 7) is 7.83. The van der Waals surface area contributed by atoms with E-state index in [1.54, 1.807) is 12.1 Å². The summed E-state index contributed by atoms with van der Waals surface area (Å²) in [5, 5.41) is 0.513. The Balaban J connectivity index is 1.60. The van der Waals surface area contributed by atoms with Crippen LogP contribution in [0.4, 0.5) is 0 Å². The number of carbonyl (C=O) groups excluding carboxylic acids is 1. The van der Waals surface area contributed by atoms with E-state index in [2.05, 4.69) is 23.8 Å². The molecular formula is C22H24N2O4. The summed E-state index contributed by atoms with van der Waals surface area (Å²) in [7, 11) is 0. The molecule has 1 aromatic heterocycles. The average Bonchev–Trinajstić information content (AvgIpc) is 2.65. The van der Waals surface area contributed by atoms with Crippen molar-refractivity contribution in [2.24, 2.45) is 0 Å². The van der Waals surface area contributed by atoms with Crippen LogP contribution in [0.2, 0.25) is 0 Å². The van der Waals surface area contributed by atoms with Crippen LogP contribution >= 0.6 is 0 Å². The van der Waals surface area contributed by atoms with Crippen LogP contribution in [0.25, 0.3) is 10.9 Å². The van der Waals surface area contributed by atoms with Crippen molar-refractivity contribution in [3.05, 3.63) is 69.3 Å². The quantitative estimate of drug-likeness (QED) is 0.658. The summed E-state index contributed by atoms with van der Waals surface area (Å²) in [6.07, 6.45) is 0. The highest BCUT2D eigenvalue weighted by atomic mass is 16.6. The molecule has 0 aliphatic carbocycles. The number of esters is 1. The van der Waals surface area contributed by atoms with Crippen molar-refractivity contribution in [3.63, 3.8) is 0 Å². The molecule has 0 aliphatic heterocycles. The molecule has 0 saturated carbocycles. The van der Waals surface area contributed by atoms with Gasteiger partial charge in [-0.25, -0.2) is 9.78 Å². The summed E-state index contributed by atoms with van der Waals surface area (Å²) < 4.78 is 10.7. The van der Waals surface area contributed by atoms with Gasteiger partial charge in [-0.1, -0.05) is 32.0 Å². The van der Waals surface area contributed by atoms with Gasteiger partial charge < -0.3 is 14.5 Å². The lowest BCUT2D eigenvalue weighted by Gasteiger charge is -2.12. The smallest absolute Gasteiger partial charge is 0.344 e. The first-order valence-corrected chi connectivity index (χ1v) is 9.22. The molecule has 0 saturated heterocycles. The number of aromatic amines is 1. The van der Waals surface area contributed by atoms with E-state index in [1.807, 2.05) is 38.1 Å². The lowest BCUT2D eigenvalue weighted by Crippen LogP contribution is -2.18. The summed E-state index contributed by atoms with van der Waals surface area (Å²) in [6, 6.07) is 11.2. The number of nitrogens with one attached hydrogen (secondary N) is 1. The van der Waals surface area contributed by atoms with Gasteiger partial charge in [0.05, 0.1) is 10.9 Å². The van der Waals surface area contributed by atoms with Gasteiger partial charge in [0.2, 0.25) is 0 Å². The zero-order valence-corrected chi connectivity index (χ0v) is 16.5. The fourth-order valence-electron chi connectivity index (χ4n) is 3.14. The fourth-order valence-corrected chi connectivity index (χ4v) is 3.14. The Morgan fingerprint density at radius 3 is 2.64 bits per heavy atom. The van der Waals surface area contributed by atoms with Crippen molar-refractivity contribution in [3.8, 4) is 5.75 Å². The number of fused-ring (bicyclic) bond motifs is 1. The van der Waals surface area contributed by atoms with Crippen molar-refractivity contribution in [1.82, 2.24) is 9.97 Å². The summed E-state index contributed by atoms with van der Waals surface area (Å²) in [5.41, 5.74) is 3.61. The topological polar surface area (TPSA) is 81.3 Å². The molecule has 146 valence electrons. The second-order valence-corrected chi connectivity index (χ2v) is 7.11. The van der Waals surface area contributed by atoms with E-state index in [1.165, 1.54) is 5.56 Å². The van der Waals surface area contributed by atoms with E-state index in [4.69, 9.17) is 9.47 Å². The zero-order valence-electron chi connectivity index (χ0n) is 16.5. The molecule has 2 aromatic carbocycles. The number of benzene rings is 2. The van der Waals surface area contributed by atoms with Crippen LogP contribution in [0.1, 0.15) is 42.3 Å². The van der Waals surface area contributed by atoms with Gasteiger partial charge in [-0.3, -0.25) is 4.79 Å². The van der Waals surface area contributed by atoms with Crippen molar-refractivity contribution in [1.29, 1.82) is 0 Å². The number of aromatic nitrogens is 2. The van der Waals surface area contributed by atoms with Crippen LogP contribution in [0.5, 0.6) is 5.75 Å². The Morgan fingerprint density at radius 2 is 1.93 bits per heavy atom. The molecule has 0 radical (unpaired) electrons. The number of nitrogens with zero attached hydrogens (tertiary/aromatic N) is 1. The van der Waals surface area contributed by atoms with Gasteiger partial charge >= 0.3 is 5.97 Å². The third-order valence-corrected chi connectivity index (χ3v) is 4.58. The molecule has 0 spiro atoms. The van der Waals surface area contributed by atoms with Crippen LogP contribution in [-0.2, 0) is 16.1 Å². The number of ether oxygens (including phenoxy) is 2. The second kappa shape index (κ2) is 8.25. The highest BCUT2D eigenvalue weighted by Crippen LogP contribution is 2.23. The van der Waals surface area contributed by atoms with Gasteiger partial charge in [0.1, 0.15) is 18.2 Å². The number of H-pyrrole nitrogens is 1. The highest BCUT2D eigenvalue weighted by Gasteiger charge is 2.10. The van der Waals surface area contributed by atoms with Crippen molar-refractivity contribution < 1.29 is 14.3 Å². The van der Waals surface area contributed by atoms with Gasteiger partial charge in [-0.05, 0) is 54.7 Å². The molecule has 0 fully saturated rings. The van der Waals surface area contributed by atoms with Gasteiger partial charge in [0.25, 0.3) is 5.56 Å². The molecule has 0 amide bonds. The molecule has 6 heteroatoms. The highest BCUT2D eigenvalue weighted by molar-refractivity contribution is 5.80. The monoisotopic (exact) mass is 380 g/mol. The van der Waals surface area contributed by atoms with E-state index in [0.29, 0.717) is 28.4 Å². The Morgan fingerprint density at radius 1 is 1.14 bits per heavy atom. The molecule has 0 aliphatic rings. The fraction of sp³-hybridized carbons (Fsp3) is 0.318. The lowest BCUT2D eigenvalue weighted by atomic mass is 9.98. The number of hydrogen-bond donors (Lipinski definition) is 1. The normalized spacial score (nSPS) is 11.0. The Labute approximate surface area is 163 Å². The molecule has 3 rings (SSSR count). The molecule has 0 atom stereocenters. The maximum Gasteiger partial charge on any atom is 0.344 e. The second-order valence-electron chi connectivity index (χ2n) is 7.11. The molecule has 6 nitrogen and oxygen atoms in total. The number of para-hydroxylation sites is 1.